The van der Waals surface area contributed by atoms with Gasteiger partial charge in [0.15, 0.2) is 6.10 Å². The van der Waals surface area contributed by atoms with Crippen molar-refractivity contribution in [2.24, 2.45) is 0 Å². The van der Waals surface area contributed by atoms with Gasteiger partial charge >= 0.3 is 5.97 Å². The average molecular weight is 334 g/mol. The minimum absolute atomic E-state index is 0.0196. The van der Waals surface area contributed by atoms with Crippen LogP contribution in [0.2, 0.25) is 0 Å². The second-order valence-corrected chi connectivity index (χ2v) is 6.34. The van der Waals surface area contributed by atoms with E-state index in [1.165, 1.54) is 0 Å². The van der Waals surface area contributed by atoms with Crippen LogP contribution in [0, 0.1) is 13.8 Å². The first-order valence-electron chi connectivity index (χ1n) is 8.33. The van der Waals surface area contributed by atoms with Gasteiger partial charge in [-0.05, 0) is 38.0 Å². The first-order chi connectivity index (χ1) is 11.4. The van der Waals surface area contributed by atoms with Crippen LogP contribution in [0.15, 0.2) is 18.2 Å². The minimum Gasteiger partial charge on any atom is -0.481 e. The summed E-state index contributed by atoms with van der Waals surface area (Å²) in [6.07, 6.45) is -0.392. The van der Waals surface area contributed by atoms with Gasteiger partial charge in [-0.25, -0.2) is 0 Å². The van der Waals surface area contributed by atoms with E-state index < -0.39 is 12.1 Å². The van der Waals surface area contributed by atoms with E-state index in [9.17, 15) is 9.59 Å². The van der Waals surface area contributed by atoms with Crippen molar-refractivity contribution < 1.29 is 19.4 Å². The first kappa shape index (κ1) is 18.3. The van der Waals surface area contributed by atoms with Crippen LogP contribution in [0.25, 0.3) is 0 Å². The fraction of sp³-hybridized carbons (Fsp3) is 0.556. The number of carbonyl (C=O) groups is 2. The van der Waals surface area contributed by atoms with E-state index in [4.69, 9.17) is 9.84 Å². The standard InChI is InChI=1S/C18H26N2O4/c1-13-4-5-14(2)16(12-13)24-15(3)18(23)20-10-8-19(9-11-20)7-6-17(21)22/h4-5,12,15H,6-11H2,1-3H3,(H,21,22). The van der Waals surface area contributed by atoms with E-state index in [-0.39, 0.29) is 12.3 Å². The molecule has 1 fully saturated rings. The van der Waals surface area contributed by atoms with Crippen LogP contribution < -0.4 is 4.74 Å². The van der Waals surface area contributed by atoms with E-state index in [1.807, 2.05) is 32.0 Å². The largest absolute Gasteiger partial charge is 0.481 e. The fourth-order valence-electron chi connectivity index (χ4n) is 2.78. The van der Waals surface area contributed by atoms with E-state index in [0.717, 1.165) is 16.9 Å². The first-order valence-corrected chi connectivity index (χ1v) is 8.33. The van der Waals surface area contributed by atoms with Crippen LogP contribution in [0.4, 0.5) is 0 Å². The number of rotatable bonds is 6. The molecule has 1 saturated heterocycles. The molecule has 1 aromatic carbocycles. The average Bonchev–Trinajstić information content (AvgIpc) is 2.56. The van der Waals surface area contributed by atoms with Crippen molar-refractivity contribution in [1.82, 2.24) is 9.80 Å². The Morgan fingerprint density at radius 2 is 1.88 bits per heavy atom. The molecule has 0 aliphatic carbocycles. The Labute approximate surface area is 143 Å². The molecule has 1 unspecified atom stereocenters. The highest BCUT2D eigenvalue weighted by molar-refractivity contribution is 5.81. The third-order valence-corrected chi connectivity index (χ3v) is 4.32. The summed E-state index contributed by atoms with van der Waals surface area (Å²) in [5, 5.41) is 8.73. The van der Waals surface area contributed by atoms with Gasteiger partial charge in [0.2, 0.25) is 0 Å². The highest BCUT2D eigenvalue weighted by atomic mass is 16.5. The molecule has 6 nitrogen and oxygen atoms in total. The lowest BCUT2D eigenvalue weighted by molar-refractivity contribution is -0.141. The zero-order valence-corrected chi connectivity index (χ0v) is 14.6. The van der Waals surface area contributed by atoms with E-state index >= 15 is 0 Å². The molecule has 1 aliphatic rings. The predicted molar refractivity (Wildman–Crippen MR) is 91.3 cm³/mol. The monoisotopic (exact) mass is 334 g/mol. The third kappa shape index (κ3) is 4.96. The summed E-state index contributed by atoms with van der Waals surface area (Å²) >= 11 is 0. The Morgan fingerprint density at radius 3 is 2.50 bits per heavy atom. The lowest BCUT2D eigenvalue weighted by Gasteiger charge is -2.35. The summed E-state index contributed by atoms with van der Waals surface area (Å²) in [4.78, 5) is 27.1. The van der Waals surface area contributed by atoms with Crippen LogP contribution in [-0.2, 0) is 9.59 Å². The molecule has 1 heterocycles. The summed E-state index contributed by atoms with van der Waals surface area (Å²) in [5.41, 5.74) is 2.11. The van der Waals surface area contributed by atoms with Gasteiger partial charge in [-0.2, -0.15) is 0 Å². The molecule has 132 valence electrons. The molecule has 6 heteroatoms. The van der Waals surface area contributed by atoms with Crippen LogP contribution in [0.3, 0.4) is 0 Å². The summed E-state index contributed by atoms with van der Waals surface area (Å²) in [7, 11) is 0. The Morgan fingerprint density at radius 1 is 1.21 bits per heavy atom. The molecule has 0 spiro atoms. The van der Waals surface area contributed by atoms with Gasteiger partial charge in [0.05, 0.1) is 6.42 Å². The van der Waals surface area contributed by atoms with E-state index in [2.05, 4.69) is 4.90 Å². The van der Waals surface area contributed by atoms with Crippen molar-refractivity contribution in [1.29, 1.82) is 0 Å². The summed E-state index contributed by atoms with van der Waals surface area (Å²) < 4.78 is 5.86. The molecular weight excluding hydrogens is 308 g/mol. The number of aliphatic carboxylic acids is 1. The molecule has 2 rings (SSSR count). The summed E-state index contributed by atoms with van der Waals surface area (Å²) in [6, 6.07) is 5.96. The maximum Gasteiger partial charge on any atom is 0.304 e. The third-order valence-electron chi connectivity index (χ3n) is 4.32. The Bertz CT molecular complexity index is 595. The maximum atomic E-state index is 12.6. The van der Waals surface area contributed by atoms with Crippen molar-refractivity contribution in [2.75, 3.05) is 32.7 Å². The SMILES string of the molecule is Cc1ccc(C)c(OC(C)C(=O)N2CCN(CCC(=O)O)CC2)c1. The summed E-state index contributed by atoms with van der Waals surface area (Å²) in [6.45, 7) is 8.90. The molecule has 1 aromatic rings. The molecule has 1 atom stereocenters. The van der Waals surface area contributed by atoms with Gasteiger partial charge in [-0.1, -0.05) is 12.1 Å². The van der Waals surface area contributed by atoms with Crippen molar-refractivity contribution >= 4 is 11.9 Å². The van der Waals surface area contributed by atoms with Crippen LogP contribution in [0.5, 0.6) is 5.75 Å². The highest BCUT2D eigenvalue weighted by Crippen LogP contribution is 2.21. The Balaban J connectivity index is 1.86. The molecule has 0 bridgehead atoms. The van der Waals surface area contributed by atoms with Gasteiger partial charge < -0.3 is 14.7 Å². The number of hydrogen-bond acceptors (Lipinski definition) is 4. The van der Waals surface area contributed by atoms with Crippen molar-refractivity contribution in [3.63, 3.8) is 0 Å². The van der Waals surface area contributed by atoms with E-state index in [0.29, 0.717) is 32.7 Å². The smallest absolute Gasteiger partial charge is 0.304 e. The number of carboxylic acids is 1. The lowest BCUT2D eigenvalue weighted by atomic mass is 10.1. The molecular formula is C18H26N2O4. The van der Waals surface area contributed by atoms with E-state index in [1.54, 1.807) is 11.8 Å². The zero-order chi connectivity index (χ0) is 17.7. The topological polar surface area (TPSA) is 70.1 Å². The number of hydrogen-bond donors (Lipinski definition) is 1. The van der Waals surface area contributed by atoms with Gasteiger partial charge in [-0.15, -0.1) is 0 Å². The molecule has 0 radical (unpaired) electrons. The number of nitrogens with zero attached hydrogens (tertiary/aromatic N) is 2. The molecule has 1 amide bonds. The zero-order valence-electron chi connectivity index (χ0n) is 14.6. The van der Waals surface area contributed by atoms with Gasteiger partial charge in [0.25, 0.3) is 5.91 Å². The van der Waals surface area contributed by atoms with Crippen molar-refractivity contribution in [3.05, 3.63) is 29.3 Å². The molecule has 0 saturated carbocycles. The number of piperazine rings is 1. The van der Waals surface area contributed by atoms with Crippen molar-refractivity contribution in [3.8, 4) is 5.75 Å². The second kappa shape index (κ2) is 8.15. The fourth-order valence-corrected chi connectivity index (χ4v) is 2.78. The van der Waals surface area contributed by atoms with Crippen LogP contribution >= 0.6 is 0 Å². The number of ether oxygens (including phenoxy) is 1. The van der Waals surface area contributed by atoms with Crippen molar-refractivity contribution in [2.45, 2.75) is 33.3 Å². The van der Waals surface area contributed by atoms with Crippen LogP contribution in [0.1, 0.15) is 24.5 Å². The molecule has 0 aromatic heterocycles. The van der Waals surface area contributed by atoms with Gasteiger partial charge in [0.1, 0.15) is 5.75 Å². The predicted octanol–water partition coefficient (Wildman–Crippen LogP) is 1.69. The second-order valence-electron chi connectivity index (χ2n) is 6.34. The maximum absolute atomic E-state index is 12.6. The molecule has 1 N–H and O–H groups in total. The molecule has 1 aliphatic heterocycles. The number of amides is 1. The van der Waals surface area contributed by atoms with Crippen LogP contribution in [-0.4, -0.2) is 65.6 Å². The van der Waals surface area contributed by atoms with Gasteiger partial charge in [0, 0.05) is 32.7 Å². The minimum atomic E-state index is -0.788. The normalized spacial score (nSPS) is 16.7. The highest BCUT2D eigenvalue weighted by Gasteiger charge is 2.26. The Hall–Kier alpha value is -2.08. The molecule has 24 heavy (non-hydrogen) atoms. The van der Waals surface area contributed by atoms with Gasteiger partial charge in [-0.3, -0.25) is 14.5 Å². The quantitative estimate of drug-likeness (QED) is 0.857. The number of aryl methyl sites for hydroxylation is 2. The lowest BCUT2D eigenvalue weighted by Crippen LogP contribution is -2.52. The number of benzene rings is 1. The summed E-state index contributed by atoms with van der Waals surface area (Å²) in [5.74, 6) is -0.0613. The number of carbonyl (C=O) groups excluding carboxylic acids is 1. The Kier molecular flexibility index (Phi) is 6.20. The number of carboxylic acid groups (broad SMARTS) is 1.